The second-order valence-electron chi connectivity index (χ2n) is 8.89. The van der Waals surface area contributed by atoms with E-state index in [4.69, 9.17) is 18.9 Å². The molecule has 10 heteroatoms. The summed E-state index contributed by atoms with van der Waals surface area (Å²) in [5.41, 5.74) is 0. The molecule has 2 saturated carbocycles. The molecule has 2 fully saturated rings. The largest absolute Gasteiger partial charge is 0.463 e. The van der Waals surface area contributed by atoms with Crippen molar-refractivity contribution in [1.29, 1.82) is 0 Å². The second kappa shape index (κ2) is 19.7. The summed E-state index contributed by atoms with van der Waals surface area (Å²) >= 11 is 0. The first kappa shape index (κ1) is 31.6. The average molecular weight is 513 g/mol. The molecule has 2 aliphatic rings. The van der Waals surface area contributed by atoms with Crippen LogP contribution in [0.5, 0.6) is 0 Å². The predicted molar refractivity (Wildman–Crippen MR) is 135 cm³/mol. The number of hydrogen-bond acceptors (Lipinski definition) is 9. The molecule has 4 unspecified atom stereocenters. The Morgan fingerprint density at radius 1 is 0.917 bits per heavy atom. The number of aliphatic hydroxyl groups is 1. The average Bonchev–Trinajstić information content (AvgIpc) is 3.50. The smallest absolute Gasteiger partial charge is 0.407 e. The summed E-state index contributed by atoms with van der Waals surface area (Å²) in [4.78, 5) is 32.2. The lowest BCUT2D eigenvalue weighted by atomic mass is 9.89. The zero-order valence-corrected chi connectivity index (χ0v) is 21.6. The molecule has 0 aromatic rings. The minimum atomic E-state index is -0.889. The normalized spacial score (nSPS) is 20.4. The van der Waals surface area contributed by atoms with Crippen molar-refractivity contribution in [3.8, 4) is 0 Å². The minimum Gasteiger partial charge on any atom is -0.463 e. The number of carbonyl (C=O) groups is 3. The first-order chi connectivity index (χ1) is 17.4. The maximum absolute atomic E-state index is 10.8. The summed E-state index contributed by atoms with van der Waals surface area (Å²) in [5, 5.41) is 15.3. The van der Waals surface area contributed by atoms with Crippen LogP contribution in [0.1, 0.15) is 58.3 Å². The van der Waals surface area contributed by atoms with E-state index in [1.54, 1.807) is 0 Å². The second-order valence-corrected chi connectivity index (χ2v) is 8.89. The number of esters is 2. The fourth-order valence-corrected chi connectivity index (χ4v) is 4.36. The number of unbranched alkanes of at least 4 members (excludes halogenated alkanes) is 2. The van der Waals surface area contributed by atoms with Gasteiger partial charge in [-0.25, -0.2) is 14.4 Å². The highest BCUT2D eigenvalue weighted by molar-refractivity contribution is 5.81. The predicted octanol–water partition coefficient (Wildman–Crippen LogP) is 3.06. The maximum atomic E-state index is 10.8. The van der Waals surface area contributed by atoms with Crippen molar-refractivity contribution in [2.75, 3.05) is 39.5 Å². The molecular weight excluding hydrogens is 468 g/mol. The topological polar surface area (TPSA) is 132 Å². The molecule has 0 aromatic carbocycles. The highest BCUT2D eigenvalue weighted by Crippen LogP contribution is 2.47. The van der Waals surface area contributed by atoms with Gasteiger partial charge in [-0.2, -0.15) is 0 Å². The summed E-state index contributed by atoms with van der Waals surface area (Å²) in [6, 6.07) is 0. The molecule has 2 rings (SSSR count). The highest BCUT2D eigenvalue weighted by atomic mass is 16.6. The first-order valence-electron chi connectivity index (χ1n) is 12.9. The van der Waals surface area contributed by atoms with Crippen LogP contribution in [0.25, 0.3) is 0 Å². The van der Waals surface area contributed by atoms with Crippen molar-refractivity contribution in [2.45, 2.75) is 64.7 Å². The molecule has 2 aliphatic carbocycles. The molecule has 0 aliphatic heterocycles. The summed E-state index contributed by atoms with van der Waals surface area (Å²) < 4.78 is 19.7. The Hall–Kier alpha value is -2.43. The van der Waals surface area contributed by atoms with E-state index in [2.05, 4.69) is 23.8 Å². The summed E-state index contributed by atoms with van der Waals surface area (Å²) in [6.45, 7) is 11.3. The Kier molecular flexibility index (Phi) is 17.3. The fraction of sp³-hybridized carbons (Fsp3) is 0.731. The summed E-state index contributed by atoms with van der Waals surface area (Å²) in [7, 11) is 0. The number of carbonyl (C=O) groups excluding carboxylic acids is 3. The van der Waals surface area contributed by atoms with Gasteiger partial charge in [-0.05, 0) is 69.6 Å². The Bertz CT molecular complexity index is 672. The Balaban J connectivity index is 0.000000384. The molecule has 36 heavy (non-hydrogen) atoms. The van der Waals surface area contributed by atoms with Gasteiger partial charge < -0.3 is 29.4 Å². The number of ether oxygens (including phenoxy) is 4. The van der Waals surface area contributed by atoms with Gasteiger partial charge in [0.05, 0.1) is 26.4 Å². The number of alkyl carbamates (subject to hydrolysis) is 1. The quantitative estimate of drug-likeness (QED) is 0.0884. The van der Waals surface area contributed by atoms with Crippen LogP contribution in [0.4, 0.5) is 4.79 Å². The number of hydrogen-bond donors (Lipinski definition) is 3. The van der Waals surface area contributed by atoms with Crippen LogP contribution in [0.15, 0.2) is 25.3 Å². The third-order valence-corrected chi connectivity index (χ3v) is 6.17. The molecule has 10 nitrogen and oxygen atoms in total. The molecular formula is C26H44N2O8. The van der Waals surface area contributed by atoms with Gasteiger partial charge in [0, 0.05) is 25.2 Å². The molecule has 206 valence electrons. The van der Waals surface area contributed by atoms with E-state index in [1.165, 1.54) is 25.7 Å². The molecule has 3 N–H and O–H groups in total. The Morgan fingerprint density at radius 3 is 2.00 bits per heavy atom. The van der Waals surface area contributed by atoms with E-state index in [1.807, 2.05) is 6.92 Å². The standard InChI is InChI=1S/C16H27NO4.C10H17NO4/c1-2-15(18)20-7-3-4-8-21-16(19)17-11-14-10-12-5-6-13(14)9-12;1-3-9(12)14-7-5-6-8-15-10(13)11-4-2/h2,12-14,16-17,19H,1,3-11H2;3H,1,4-8H2,2H3,(H,11,13). The van der Waals surface area contributed by atoms with Gasteiger partial charge in [0.1, 0.15) is 0 Å². The van der Waals surface area contributed by atoms with Crippen molar-refractivity contribution in [2.24, 2.45) is 17.8 Å². The first-order valence-corrected chi connectivity index (χ1v) is 12.9. The van der Waals surface area contributed by atoms with Gasteiger partial charge in [0.2, 0.25) is 6.41 Å². The molecule has 0 radical (unpaired) electrons. The van der Waals surface area contributed by atoms with Gasteiger partial charge in [0.25, 0.3) is 0 Å². The molecule has 1 amide bonds. The van der Waals surface area contributed by atoms with Crippen LogP contribution in [0, 0.1) is 17.8 Å². The van der Waals surface area contributed by atoms with E-state index in [0.717, 1.165) is 43.4 Å². The van der Waals surface area contributed by atoms with E-state index in [0.29, 0.717) is 51.7 Å². The molecule has 4 atom stereocenters. The van der Waals surface area contributed by atoms with Gasteiger partial charge in [-0.15, -0.1) is 0 Å². The maximum Gasteiger partial charge on any atom is 0.407 e. The Labute approximate surface area is 214 Å². The molecule has 0 heterocycles. The SMILES string of the molecule is C=CC(=O)OCCCCOC(=O)NCC.C=CC(=O)OCCCCOC(O)NCC1CC2CCC1C2. The number of amides is 1. The van der Waals surface area contributed by atoms with Gasteiger partial charge in [0.15, 0.2) is 0 Å². The number of nitrogens with one attached hydrogen (secondary N) is 2. The lowest BCUT2D eigenvalue weighted by molar-refractivity contribution is -0.139. The monoisotopic (exact) mass is 512 g/mol. The van der Waals surface area contributed by atoms with Gasteiger partial charge in [-0.3, -0.25) is 5.32 Å². The van der Waals surface area contributed by atoms with Crippen LogP contribution in [0.2, 0.25) is 0 Å². The van der Waals surface area contributed by atoms with Crippen molar-refractivity contribution in [3.63, 3.8) is 0 Å². The minimum absolute atomic E-state index is 0.323. The van der Waals surface area contributed by atoms with Gasteiger partial charge >= 0.3 is 18.0 Å². The van der Waals surface area contributed by atoms with Crippen molar-refractivity contribution >= 4 is 18.0 Å². The van der Waals surface area contributed by atoms with Crippen LogP contribution < -0.4 is 10.6 Å². The zero-order valence-electron chi connectivity index (χ0n) is 21.6. The lowest BCUT2D eigenvalue weighted by Crippen LogP contribution is -2.37. The summed E-state index contributed by atoms with van der Waals surface area (Å²) in [5.74, 6) is 1.66. The van der Waals surface area contributed by atoms with Crippen molar-refractivity contribution in [1.82, 2.24) is 10.6 Å². The van der Waals surface area contributed by atoms with Crippen LogP contribution in [-0.4, -0.2) is 69.1 Å². The van der Waals surface area contributed by atoms with E-state index in [9.17, 15) is 19.5 Å². The van der Waals surface area contributed by atoms with E-state index < -0.39 is 24.4 Å². The third kappa shape index (κ3) is 14.9. The van der Waals surface area contributed by atoms with Gasteiger partial charge in [-0.1, -0.05) is 19.6 Å². The third-order valence-electron chi connectivity index (χ3n) is 6.17. The number of rotatable bonds is 17. The molecule has 2 bridgehead atoms. The fourth-order valence-electron chi connectivity index (χ4n) is 4.36. The van der Waals surface area contributed by atoms with Crippen molar-refractivity contribution < 1.29 is 38.4 Å². The van der Waals surface area contributed by atoms with Crippen LogP contribution in [-0.2, 0) is 28.5 Å². The molecule has 0 aromatic heterocycles. The van der Waals surface area contributed by atoms with Crippen LogP contribution in [0.3, 0.4) is 0 Å². The number of aliphatic hydroxyl groups excluding tert-OH is 1. The molecule has 0 saturated heterocycles. The van der Waals surface area contributed by atoms with Crippen LogP contribution >= 0.6 is 0 Å². The highest BCUT2D eigenvalue weighted by Gasteiger charge is 2.39. The molecule has 0 spiro atoms. The van der Waals surface area contributed by atoms with E-state index >= 15 is 0 Å². The zero-order chi connectivity index (χ0) is 26.6. The Morgan fingerprint density at radius 2 is 1.50 bits per heavy atom. The summed E-state index contributed by atoms with van der Waals surface area (Å²) in [6.07, 6.45) is 9.21. The van der Waals surface area contributed by atoms with Crippen molar-refractivity contribution in [3.05, 3.63) is 25.3 Å². The number of fused-ring (bicyclic) bond motifs is 2. The lowest BCUT2D eigenvalue weighted by Gasteiger charge is -2.23. The van der Waals surface area contributed by atoms with E-state index in [-0.39, 0.29) is 0 Å².